The van der Waals surface area contributed by atoms with Gasteiger partial charge in [0.1, 0.15) is 17.7 Å². The second-order valence-corrected chi connectivity index (χ2v) is 11.2. The molecular weight excluding hydrogens is 579 g/mol. The van der Waals surface area contributed by atoms with Gasteiger partial charge in [-0.05, 0) is 62.1 Å². The maximum absolute atomic E-state index is 13.8. The van der Waals surface area contributed by atoms with Gasteiger partial charge in [0.15, 0.2) is 0 Å². The number of nitrogens with one attached hydrogen (secondary N) is 2. The van der Waals surface area contributed by atoms with Crippen LogP contribution in [0.25, 0.3) is 0 Å². The average molecular weight is 618 g/mol. The highest BCUT2D eigenvalue weighted by Crippen LogP contribution is 2.34. The molecule has 1 aromatic carbocycles. The van der Waals surface area contributed by atoms with Crippen molar-refractivity contribution in [2.24, 2.45) is 5.92 Å². The van der Waals surface area contributed by atoms with E-state index in [0.29, 0.717) is 63.3 Å². The number of hydrogen-bond acceptors (Lipinski definition) is 9. The van der Waals surface area contributed by atoms with Gasteiger partial charge >= 0.3 is 6.18 Å². The van der Waals surface area contributed by atoms with E-state index in [1.807, 2.05) is 17.0 Å². The van der Waals surface area contributed by atoms with Crippen molar-refractivity contribution < 1.29 is 33.0 Å². The second-order valence-electron chi connectivity index (χ2n) is 11.2. The molecular formula is C30H38F3N7O4. The highest BCUT2D eigenvalue weighted by atomic mass is 19.4. The maximum atomic E-state index is 13.8. The van der Waals surface area contributed by atoms with Crippen LogP contribution < -0.4 is 20.4 Å². The first-order chi connectivity index (χ1) is 21.1. The van der Waals surface area contributed by atoms with Crippen LogP contribution >= 0.6 is 0 Å². The van der Waals surface area contributed by atoms with Gasteiger partial charge in [0.05, 0.1) is 24.3 Å². The lowest BCUT2D eigenvalue weighted by Gasteiger charge is -2.41. The molecule has 238 valence electrons. The van der Waals surface area contributed by atoms with Gasteiger partial charge in [-0.15, -0.1) is 0 Å². The third-order valence-corrected chi connectivity index (χ3v) is 8.07. The monoisotopic (exact) mass is 617 g/mol. The number of nitriles is 1. The van der Waals surface area contributed by atoms with Gasteiger partial charge in [-0.1, -0.05) is 12.1 Å². The predicted molar refractivity (Wildman–Crippen MR) is 156 cm³/mol. The Kier molecular flexibility index (Phi) is 11.4. The molecule has 0 radical (unpaired) electrons. The summed E-state index contributed by atoms with van der Waals surface area (Å²) >= 11 is 0. The van der Waals surface area contributed by atoms with Crippen molar-refractivity contribution in [1.82, 2.24) is 20.6 Å². The standard InChI is InChI=1S/C30H38F3N7O4/c31-30(32,33)29-37-25(39-13-9-20(10-14-39)2-1-3-27(43)36-18-23(42)19-41)16-26(38-29)40-15-11-24(40)28(44)35-12-8-21-4-6-22(17-34)7-5-21/h4-7,16,20,23-24,41-42H,1-3,8-15,18-19H2,(H,35,44)(H,36,43)/t23?,24-/m0/s1. The first kappa shape index (κ1) is 32.9. The van der Waals surface area contributed by atoms with Crippen LogP contribution in [-0.4, -0.2) is 83.5 Å². The summed E-state index contributed by atoms with van der Waals surface area (Å²) in [5, 5.41) is 32.5. The number of nitrogens with zero attached hydrogens (tertiary/aromatic N) is 5. The number of amides is 2. The van der Waals surface area contributed by atoms with Crippen LogP contribution in [0.5, 0.6) is 0 Å². The summed E-state index contributed by atoms with van der Waals surface area (Å²) in [4.78, 5) is 35.8. The van der Waals surface area contributed by atoms with Crippen LogP contribution in [0, 0.1) is 17.2 Å². The van der Waals surface area contributed by atoms with Gasteiger partial charge in [-0.2, -0.15) is 18.4 Å². The molecule has 4 rings (SSSR count). The quantitative estimate of drug-likeness (QED) is 0.265. The molecule has 1 aromatic heterocycles. The molecule has 2 aliphatic heterocycles. The Balaban J connectivity index is 1.31. The molecule has 2 aromatic rings. The fraction of sp³-hybridized carbons (Fsp3) is 0.567. The first-order valence-electron chi connectivity index (χ1n) is 14.9. The molecule has 0 aliphatic carbocycles. The highest BCUT2D eigenvalue weighted by molar-refractivity contribution is 5.86. The van der Waals surface area contributed by atoms with Gasteiger partial charge < -0.3 is 30.6 Å². The van der Waals surface area contributed by atoms with E-state index in [1.54, 1.807) is 17.0 Å². The highest BCUT2D eigenvalue weighted by Gasteiger charge is 2.40. The number of alkyl halides is 3. The molecule has 2 atom stereocenters. The number of anilines is 2. The van der Waals surface area contributed by atoms with E-state index < -0.39 is 30.8 Å². The molecule has 2 amide bonds. The fourth-order valence-corrected chi connectivity index (χ4v) is 5.37. The minimum atomic E-state index is -4.75. The smallest absolute Gasteiger partial charge is 0.394 e. The number of benzene rings is 1. The Morgan fingerprint density at radius 2 is 1.77 bits per heavy atom. The molecule has 44 heavy (non-hydrogen) atoms. The molecule has 4 N–H and O–H groups in total. The summed E-state index contributed by atoms with van der Waals surface area (Å²) in [6, 6.07) is 9.99. The number of piperidine rings is 1. The van der Waals surface area contributed by atoms with E-state index in [9.17, 15) is 27.9 Å². The zero-order valence-electron chi connectivity index (χ0n) is 24.4. The van der Waals surface area contributed by atoms with Crippen molar-refractivity contribution >= 4 is 23.5 Å². The lowest BCUT2D eigenvalue weighted by Crippen LogP contribution is -2.57. The van der Waals surface area contributed by atoms with Gasteiger partial charge in [0.2, 0.25) is 17.6 Å². The van der Waals surface area contributed by atoms with Crippen LogP contribution in [0.15, 0.2) is 30.3 Å². The van der Waals surface area contributed by atoms with Gasteiger partial charge in [-0.25, -0.2) is 9.97 Å². The van der Waals surface area contributed by atoms with E-state index in [2.05, 4.69) is 26.7 Å². The summed E-state index contributed by atoms with van der Waals surface area (Å²) in [6.45, 7) is 1.34. The molecule has 2 saturated heterocycles. The number of halogens is 3. The topological polar surface area (TPSA) is 155 Å². The SMILES string of the molecule is N#Cc1ccc(CCNC(=O)[C@@H]2CCN2c2cc(N3CCC(CCCC(=O)NCC(O)CO)CC3)nc(C(F)(F)F)n2)cc1. The molecule has 3 heterocycles. The molecule has 1 unspecified atom stereocenters. The molecule has 11 nitrogen and oxygen atoms in total. The number of aromatic nitrogens is 2. The van der Waals surface area contributed by atoms with Crippen LogP contribution in [-0.2, 0) is 22.2 Å². The Labute approximate surface area is 254 Å². The molecule has 2 fully saturated rings. The van der Waals surface area contributed by atoms with Gasteiger partial charge in [0, 0.05) is 45.2 Å². The van der Waals surface area contributed by atoms with Crippen LogP contribution in [0.4, 0.5) is 24.8 Å². The second kappa shape index (κ2) is 15.2. The number of carbonyl (C=O) groups excluding carboxylic acids is 2. The molecule has 0 bridgehead atoms. The molecule has 0 saturated carbocycles. The minimum Gasteiger partial charge on any atom is -0.394 e. The third kappa shape index (κ3) is 9.03. The number of hydrogen-bond donors (Lipinski definition) is 4. The van der Waals surface area contributed by atoms with E-state index in [4.69, 9.17) is 10.4 Å². The normalized spacial score (nSPS) is 17.9. The third-order valence-electron chi connectivity index (χ3n) is 8.07. The number of aliphatic hydroxyl groups is 2. The van der Waals surface area contributed by atoms with E-state index in [1.165, 1.54) is 6.07 Å². The number of carbonyl (C=O) groups is 2. The van der Waals surface area contributed by atoms with Crippen molar-refractivity contribution in [3.05, 3.63) is 47.3 Å². The van der Waals surface area contributed by atoms with E-state index in [0.717, 1.165) is 24.8 Å². The van der Waals surface area contributed by atoms with Crippen molar-refractivity contribution in [2.45, 2.75) is 63.3 Å². The Bertz CT molecular complexity index is 1310. The van der Waals surface area contributed by atoms with E-state index >= 15 is 0 Å². The summed E-state index contributed by atoms with van der Waals surface area (Å²) in [7, 11) is 0. The first-order valence-corrected chi connectivity index (χ1v) is 14.9. The fourth-order valence-electron chi connectivity index (χ4n) is 5.37. The van der Waals surface area contributed by atoms with Crippen molar-refractivity contribution in [2.75, 3.05) is 49.1 Å². The zero-order chi connectivity index (χ0) is 31.7. The van der Waals surface area contributed by atoms with Crippen LogP contribution in [0.1, 0.15) is 55.5 Å². The minimum absolute atomic E-state index is 0.00269. The summed E-state index contributed by atoms with van der Waals surface area (Å²) in [6.07, 6.45) is -1.48. The molecule has 0 spiro atoms. The largest absolute Gasteiger partial charge is 0.451 e. The van der Waals surface area contributed by atoms with Crippen molar-refractivity contribution in [3.8, 4) is 6.07 Å². The lowest BCUT2D eigenvalue weighted by atomic mass is 9.91. The number of aliphatic hydroxyl groups excluding tert-OH is 2. The summed E-state index contributed by atoms with van der Waals surface area (Å²) in [5.41, 5.74) is 1.50. The Morgan fingerprint density at radius 3 is 2.39 bits per heavy atom. The molecule has 2 aliphatic rings. The van der Waals surface area contributed by atoms with E-state index in [-0.39, 0.29) is 30.0 Å². The van der Waals surface area contributed by atoms with Gasteiger partial charge in [0.25, 0.3) is 0 Å². The average Bonchev–Trinajstić information content (AvgIpc) is 2.99. The lowest BCUT2D eigenvalue weighted by molar-refractivity contribution is -0.144. The zero-order valence-corrected chi connectivity index (χ0v) is 24.4. The number of rotatable bonds is 13. The van der Waals surface area contributed by atoms with Crippen molar-refractivity contribution in [1.29, 1.82) is 5.26 Å². The maximum Gasteiger partial charge on any atom is 0.451 e. The van der Waals surface area contributed by atoms with Gasteiger partial charge in [-0.3, -0.25) is 9.59 Å². The Hall–Kier alpha value is -3.96. The van der Waals surface area contributed by atoms with Crippen LogP contribution in [0.3, 0.4) is 0 Å². The molecule has 14 heteroatoms. The summed E-state index contributed by atoms with van der Waals surface area (Å²) < 4.78 is 41.4. The Morgan fingerprint density at radius 1 is 1.07 bits per heavy atom. The van der Waals surface area contributed by atoms with Crippen LogP contribution in [0.2, 0.25) is 0 Å². The van der Waals surface area contributed by atoms with Crippen molar-refractivity contribution in [3.63, 3.8) is 0 Å². The summed E-state index contributed by atoms with van der Waals surface area (Å²) in [5.74, 6) is -1.16. The predicted octanol–water partition coefficient (Wildman–Crippen LogP) is 2.16.